The first-order chi connectivity index (χ1) is 19.8. The van der Waals surface area contributed by atoms with Gasteiger partial charge < -0.3 is 13.8 Å². The molecule has 0 spiro atoms. The summed E-state index contributed by atoms with van der Waals surface area (Å²) in [5, 5.41) is 2.08. The average Bonchev–Trinajstić information content (AvgIpc) is 3.83. The van der Waals surface area contributed by atoms with Gasteiger partial charge in [-0.05, 0) is 95.8 Å². The van der Waals surface area contributed by atoms with Gasteiger partial charge >= 0.3 is 0 Å². The van der Waals surface area contributed by atoms with Crippen molar-refractivity contribution in [3.63, 3.8) is 0 Å². The van der Waals surface area contributed by atoms with Gasteiger partial charge in [0.15, 0.2) is 0 Å². The van der Waals surface area contributed by atoms with Crippen molar-refractivity contribution in [3.05, 3.63) is 130 Å². The van der Waals surface area contributed by atoms with E-state index in [4.69, 9.17) is 8.83 Å². The first-order valence-corrected chi connectivity index (χ1v) is 15.8. The molecule has 232 valence electrons. The summed E-state index contributed by atoms with van der Waals surface area (Å²) in [5.74, 6) is 3.00. The van der Waals surface area contributed by atoms with E-state index in [2.05, 4.69) is 48.5 Å². The second-order valence-corrected chi connectivity index (χ2v) is 8.70. The monoisotopic (exact) mass is 583 g/mol. The van der Waals surface area contributed by atoms with Crippen LogP contribution in [0, 0.1) is 48.5 Å². The van der Waals surface area contributed by atoms with E-state index in [0.717, 1.165) is 17.3 Å². The zero-order valence-corrected chi connectivity index (χ0v) is 29.7. The van der Waals surface area contributed by atoms with Crippen molar-refractivity contribution in [1.82, 2.24) is 4.98 Å². The van der Waals surface area contributed by atoms with Crippen LogP contribution in [0.2, 0.25) is 0 Å². The number of aromatic amines is 1. The standard InChI is InChI=1S/C7H10O.C7H8.C5H7N.C5H6O.C5H6S.4C2H6/c1-5-4-6(2)8-7(5)3;1-7-5-3-2-4-6-7;3*1-5-3-2-4-6-5;4*1-2/h4H,1-3H3;2-6H,1H3;2-4,6H,1H3;2*2-4H,1H3;4*1-2H3. The molecule has 5 rings (SSSR count). The summed E-state index contributed by atoms with van der Waals surface area (Å²) >= 11 is 1.78. The number of hydrogen-bond donors (Lipinski definition) is 1. The van der Waals surface area contributed by atoms with Gasteiger partial charge in [0.25, 0.3) is 0 Å². The van der Waals surface area contributed by atoms with Gasteiger partial charge in [-0.1, -0.05) is 97.4 Å². The fourth-order valence-electron chi connectivity index (χ4n) is 2.43. The summed E-state index contributed by atoms with van der Waals surface area (Å²) in [6.45, 7) is 30.1. The summed E-state index contributed by atoms with van der Waals surface area (Å²) in [6.07, 6.45) is 3.57. The molecule has 4 aromatic heterocycles. The molecule has 1 aromatic carbocycles. The van der Waals surface area contributed by atoms with Gasteiger partial charge in [-0.15, -0.1) is 11.3 Å². The van der Waals surface area contributed by atoms with E-state index < -0.39 is 0 Å². The van der Waals surface area contributed by atoms with Crippen molar-refractivity contribution < 1.29 is 8.83 Å². The number of rotatable bonds is 0. The Balaban J connectivity index is -0.000000197. The van der Waals surface area contributed by atoms with Crippen LogP contribution in [-0.2, 0) is 0 Å². The molecule has 0 bridgehead atoms. The predicted octanol–water partition coefficient (Wildman–Crippen LogP) is 13.3. The maximum Gasteiger partial charge on any atom is 0.103 e. The Morgan fingerprint density at radius 3 is 1.32 bits per heavy atom. The number of thiophene rings is 1. The minimum absolute atomic E-state index is 0.968. The van der Waals surface area contributed by atoms with Gasteiger partial charge in [0.1, 0.15) is 17.3 Å². The molecule has 0 amide bonds. The Labute approximate surface area is 258 Å². The van der Waals surface area contributed by atoms with Crippen LogP contribution in [0.15, 0.2) is 99.5 Å². The molecule has 0 fully saturated rings. The molecule has 0 aliphatic heterocycles. The lowest BCUT2D eigenvalue weighted by molar-refractivity contribution is 0.502. The number of aryl methyl sites for hydroxylation is 7. The molecule has 0 atom stereocenters. The van der Waals surface area contributed by atoms with Gasteiger partial charge in [-0.25, -0.2) is 0 Å². The lowest BCUT2D eigenvalue weighted by atomic mass is 10.2. The fourth-order valence-corrected chi connectivity index (χ4v) is 2.96. The summed E-state index contributed by atoms with van der Waals surface area (Å²) in [7, 11) is 0. The summed E-state index contributed by atoms with van der Waals surface area (Å²) < 4.78 is 10.0. The molecule has 0 aliphatic carbocycles. The third-order valence-electron chi connectivity index (χ3n) is 4.31. The van der Waals surface area contributed by atoms with Crippen LogP contribution in [0.5, 0.6) is 0 Å². The normalized spacial score (nSPS) is 7.88. The number of benzene rings is 1. The molecule has 1 N–H and O–H groups in total. The largest absolute Gasteiger partial charge is 0.470 e. The number of hydrogen-bond acceptors (Lipinski definition) is 3. The maximum absolute atomic E-state index is 5.21. The van der Waals surface area contributed by atoms with Crippen molar-refractivity contribution in [3.8, 4) is 0 Å². The van der Waals surface area contributed by atoms with Crippen molar-refractivity contribution in [1.29, 1.82) is 0 Å². The van der Waals surface area contributed by atoms with Crippen LogP contribution in [0.1, 0.15) is 94.4 Å². The lowest BCUT2D eigenvalue weighted by Crippen LogP contribution is -1.63. The Morgan fingerprint density at radius 1 is 0.585 bits per heavy atom. The first kappa shape index (κ1) is 44.8. The number of H-pyrrole nitrogens is 1. The summed E-state index contributed by atoms with van der Waals surface area (Å²) in [4.78, 5) is 4.38. The highest BCUT2D eigenvalue weighted by atomic mass is 32.1. The minimum Gasteiger partial charge on any atom is -0.470 e. The highest BCUT2D eigenvalue weighted by Crippen LogP contribution is 2.10. The highest BCUT2D eigenvalue weighted by molar-refractivity contribution is 7.09. The molecule has 3 nitrogen and oxygen atoms in total. The van der Waals surface area contributed by atoms with Crippen LogP contribution < -0.4 is 0 Å². The molecule has 4 heterocycles. The highest BCUT2D eigenvalue weighted by Gasteiger charge is 1.95. The molecule has 5 aromatic rings. The van der Waals surface area contributed by atoms with Gasteiger partial charge in [-0.3, -0.25) is 0 Å². The number of furan rings is 2. The van der Waals surface area contributed by atoms with E-state index in [1.165, 1.54) is 21.7 Å². The van der Waals surface area contributed by atoms with Gasteiger partial charge in [0.05, 0.1) is 6.26 Å². The van der Waals surface area contributed by atoms with Crippen molar-refractivity contribution >= 4 is 11.3 Å². The van der Waals surface area contributed by atoms with Crippen LogP contribution in [-0.4, -0.2) is 4.98 Å². The summed E-state index contributed by atoms with van der Waals surface area (Å²) in [5.41, 5.74) is 3.78. The molecular weight excluding hydrogens is 522 g/mol. The van der Waals surface area contributed by atoms with Crippen LogP contribution in [0.3, 0.4) is 0 Å². The molecule has 0 saturated heterocycles. The van der Waals surface area contributed by atoms with Crippen molar-refractivity contribution in [2.75, 3.05) is 0 Å². The molecule has 0 aliphatic rings. The molecule has 0 saturated carbocycles. The van der Waals surface area contributed by atoms with E-state index in [1.807, 2.05) is 145 Å². The predicted molar refractivity (Wildman–Crippen MR) is 188 cm³/mol. The number of nitrogens with one attached hydrogen (secondary N) is 1. The molecule has 41 heavy (non-hydrogen) atoms. The fraction of sp³-hybridized carbons (Fsp3) is 0.405. The van der Waals surface area contributed by atoms with E-state index in [0.29, 0.717) is 0 Å². The van der Waals surface area contributed by atoms with E-state index in [-0.39, 0.29) is 0 Å². The Kier molecular flexibility index (Phi) is 38.0. The first-order valence-electron chi connectivity index (χ1n) is 14.9. The average molecular weight is 584 g/mol. The Hall–Kier alpha value is -3.24. The lowest BCUT2D eigenvalue weighted by Gasteiger charge is -1.82. The minimum atomic E-state index is 0.968. The Morgan fingerprint density at radius 2 is 1.17 bits per heavy atom. The second kappa shape index (κ2) is 34.8. The SMILES string of the molecule is CC.CC.CC.CC.Cc1cc(C)c(C)o1.Cc1ccc[nH]1.Cc1ccccc1.Cc1ccco1.Cc1cccs1. The zero-order valence-electron chi connectivity index (χ0n) is 28.9. The smallest absolute Gasteiger partial charge is 0.103 e. The van der Waals surface area contributed by atoms with Gasteiger partial charge in [-0.2, -0.15) is 0 Å². The van der Waals surface area contributed by atoms with Gasteiger partial charge in [0.2, 0.25) is 0 Å². The second-order valence-electron chi connectivity index (χ2n) is 7.55. The number of aromatic nitrogens is 1. The topological polar surface area (TPSA) is 42.1 Å². The van der Waals surface area contributed by atoms with E-state index >= 15 is 0 Å². The zero-order chi connectivity index (χ0) is 32.5. The molecular formula is C37H61NO2S. The molecule has 0 radical (unpaired) electrons. The Bertz CT molecular complexity index is 964. The van der Waals surface area contributed by atoms with Crippen molar-refractivity contribution in [2.24, 2.45) is 0 Å². The molecule has 0 unspecified atom stereocenters. The van der Waals surface area contributed by atoms with Crippen LogP contribution in [0.4, 0.5) is 0 Å². The third kappa shape index (κ3) is 31.2. The van der Waals surface area contributed by atoms with E-state index in [1.54, 1.807) is 17.6 Å². The third-order valence-corrected chi connectivity index (χ3v) is 5.11. The quantitative estimate of drug-likeness (QED) is 0.197. The van der Waals surface area contributed by atoms with Gasteiger partial charge in [0, 0.05) is 16.8 Å². The summed E-state index contributed by atoms with van der Waals surface area (Å²) in [6, 6.07) is 24.3. The van der Waals surface area contributed by atoms with Crippen molar-refractivity contribution in [2.45, 2.75) is 104 Å². The van der Waals surface area contributed by atoms with Crippen LogP contribution in [0.25, 0.3) is 0 Å². The molecule has 4 heteroatoms. The maximum atomic E-state index is 5.21. The van der Waals surface area contributed by atoms with E-state index in [9.17, 15) is 0 Å². The van der Waals surface area contributed by atoms with Crippen LogP contribution >= 0.6 is 11.3 Å².